The maximum atomic E-state index is 12.1. The normalized spacial score (nSPS) is 14.6. The van der Waals surface area contributed by atoms with Crippen molar-refractivity contribution >= 4 is 29.9 Å². The SMILES string of the molecule is Cl.O=C(NCCOc1cccc(Cl)c1)c1cn(C2CCNCC2)nn1. The van der Waals surface area contributed by atoms with Crippen LogP contribution in [0.25, 0.3) is 0 Å². The van der Waals surface area contributed by atoms with Crippen LogP contribution < -0.4 is 15.4 Å². The highest BCUT2D eigenvalue weighted by Crippen LogP contribution is 2.17. The molecule has 1 aromatic heterocycles. The standard InChI is InChI=1S/C16H20ClN5O2.ClH/c17-12-2-1-3-14(10-12)24-9-8-19-16(23)15-11-22(21-20-15)13-4-6-18-7-5-13;/h1-3,10-11,13,18H,4-9H2,(H,19,23);1H. The second kappa shape index (κ2) is 9.60. The Morgan fingerprint density at radius 2 is 2.20 bits per heavy atom. The number of carbonyl (C=O) groups excluding carboxylic acids is 1. The first-order chi connectivity index (χ1) is 11.7. The summed E-state index contributed by atoms with van der Waals surface area (Å²) in [5.74, 6) is 0.429. The van der Waals surface area contributed by atoms with Crippen LogP contribution in [0, 0.1) is 0 Å². The Bertz CT molecular complexity index is 689. The number of hydrogen-bond acceptors (Lipinski definition) is 5. The van der Waals surface area contributed by atoms with Crippen LogP contribution in [0.15, 0.2) is 30.5 Å². The largest absolute Gasteiger partial charge is 0.492 e. The number of benzene rings is 1. The lowest BCUT2D eigenvalue weighted by molar-refractivity contribution is 0.0942. The molecule has 1 aliphatic heterocycles. The van der Waals surface area contributed by atoms with E-state index in [0.29, 0.717) is 35.7 Å². The number of halogens is 2. The lowest BCUT2D eigenvalue weighted by atomic mass is 10.1. The van der Waals surface area contributed by atoms with E-state index in [1.807, 2.05) is 12.1 Å². The molecule has 2 aromatic rings. The molecular formula is C16H21Cl2N5O2. The van der Waals surface area contributed by atoms with Gasteiger partial charge in [0.2, 0.25) is 0 Å². The maximum absolute atomic E-state index is 12.1. The van der Waals surface area contributed by atoms with E-state index in [4.69, 9.17) is 16.3 Å². The van der Waals surface area contributed by atoms with E-state index in [0.717, 1.165) is 25.9 Å². The molecule has 1 saturated heterocycles. The molecule has 7 nitrogen and oxygen atoms in total. The van der Waals surface area contributed by atoms with Crippen LogP contribution in [0.2, 0.25) is 5.02 Å². The summed E-state index contributed by atoms with van der Waals surface area (Å²) in [6, 6.07) is 7.45. The number of ether oxygens (including phenoxy) is 1. The fraction of sp³-hybridized carbons (Fsp3) is 0.438. The molecule has 25 heavy (non-hydrogen) atoms. The Morgan fingerprint density at radius 1 is 1.40 bits per heavy atom. The quantitative estimate of drug-likeness (QED) is 0.744. The summed E-state index contributed by atoms with van der Waals surface area (Å²) in [5.41, 5.74) is 0.330. The predicted molar refractivity (Wildman–Crippen MR) is 97.7 cm³/mol. The zero-order valence-electron chi connectivity index (χ0n) is 13.7. The zero-order chi connectivity index (χ0) is 16.8. The molecule has 3 rings (SSSR count). The first kappa shape index (κ1) is 19.5. The molecule has 1 amide bonds. The number of amides is 1. The average molecular weight is 386 g/mol. The summed E-state index contributed by atoms with van der Waals surface area (Å²) in [6.45, 7) is 2.67. The predicted octanol–water partition coefficient (Wildman–Crippen LogP) is 2.09. The van der Waals surface area contributed by atoms with Gasteiger partial charge in [-0.05, 0) is 44.1 Å². The molecule has 136 valence electrons. The number of nitrogens with one attached hydrogen (secondary N) is 2. The molecule has 1 aliphatic rings. The van der Waals surface area contributed by atoms with Gasteiger partial charge in [-0.2, -0.15) is 0 Å². The number of carbonyl (C=O) groups is 1. The van der Waals surface area contributed by atoms with Crippen molar-refractivity contribution in [2.75, 3.05) is 26.2 Å². The monoisotopic (exact) mass is 385 g/mol. The first-order valence-corrected chi connectivity index (χ1v) is 8.39. The molecule has 0 radical (unpaired) electrons. The van der Waals surface area contributed by atoms with Gasteiger partial charge in [-0.3, -0.25) is 4.79 Å². The van der Waals surface area contributed by atoms with Crippen molar-refractivity contribution in [2.24, 2.45) is 0 Å². The van der Waals surface area contributed by atoms with Gasteiger partial charge in [0.05, 0.1) is 18.8 Å². The highest BCUT2D eigenvalue weighted by molar-refractivity contribution is 6.30. The summed E-state index contributed by atoms with van der Waals surface area (Å²) in [7, 11) is 0. The van der Waals surface area contributed by atoms with Gasteiger partial charge in [-0.1, -0.05) is 22.9 Å². The topological polar surface area (TPSA) is 81.1 Å². The Hall–Kier alpha value is -1.83. The van der Waals surface area contributed by atoms with Crippen molar-refractivity contribution < 1.29 is 9.53 Å². The molecule has 1 fully saturated rings. The van der Waals surface area contributed by atoms with Gasteiger partial charge in [-0.25, -0.2) is 4.68 Å². The van der Waals surface area contributed by atoms with Gasteiger partial charge in [0.15, 0.2) is 5.69 Å². The summed E-state index contributed by atoms with van der Waals surface area (Å²) < 4.78 is 7.32. The zero-order valence-corrected chi connectivity index (χ0v) is 15.2. The highest BCUT2D eigenvalue weighted by Gasteiger charge is 2.18. The van der Waals surface area contributed by atoms with E-state index in [-0.39, 0.29) is 18.3 Å². The van der Waals surface area contributed by atoms with Crippen LogP contribution >= 0.6 is 24.0 Å². The molecular weight excluding hydrogens is 365 g/mol. The van der Waals surface area contributed by atoms with Crippen LogP contribution in [0.4, 0.5) is 0 Å². The second-order valence-electron chi connectivity index (χ2n) is 5.63. The van der Waals surface area contributed by atoms with E-state index in [1.54, 1.807) is 23.0 Å². The number of aromatic nitrogens is 3. The maximum Gasteiger partial charge on any atom is 0.273 e. The summed E-state index contributed by atoms with van der Waals surface area (Å²) >= 11 is 5.88. The minimum absolute atomic E-state index is 0. The number of rotatable bonds is 6. The Labute approximate surface area is 157 Å². The fourth-order valence-electron chi connectivity index (χ4n) is 2.61. The summed E-state index contributed by atoms with van der Waals surface area (Å²) in [4.78, 5) is 12.1. The first-order valence-electron chi connectivity index (χ1n) is 8.01. The van der Waals surface area contributed by atoms with Gasteiger partial charge >= 0.3 is 0 Å². The molecule has 9 heteroatoms. The van der Waals surface area contributed by atoms with Crippen LogP contribution in [0.5, 0.6) is 5.75 Å². The molecule has 0 aliphatic carbocycles. The smallest absolute Gasteiger partial charge is 0.273 e. The average Bonchev–Trinajstić information content (AvgIpc) is 3.10. The van der Waals surface area contributed by atoms with Gasteiger partial charge < -0.3 is 15.4 Å². The van der Waals surface area contributed by atoms with Crippen LogP contribution in [-0.2, 0) is 0 Å². The molecule has 0 saturated carbocycles. The summed E-state index contributed by atoms with van der Waals surface area (Å²) in [6.07, 6.45) is 3.71. The van der Waals surface area contributed by atoms with Crippen molar-refractivity contribution in [2.45, 2.75) is 18.9 Å². The molecule has 0 spiro atoms. The van der Waals surface area contributed by atoms with Crippen molar-refractivity contribution in [3.8, 4) is 5.75 Å². The second-order valence-corrected chi connectivity index (χ2v) is 6.06. The highest BCUT2D eigenvalue weighted by atomic mass is 35.5. The van der Waals surface area contributed by atoms with Gasteiger partial charge in [0, 0.05) is 5.02 Å². The fourth-order valence-corrected chi connectivity index (χ4v) is 2.79. The molecule has 0 unspecified atom stereocenters. The van der Waals surface area contributed by atoms with E-state index in [9.17, 15) is 4.79 Å². The summed E-state index contributed by atoms with van der Waals surface area (Å²) in [5, 5.41) is 14.7. The van der Waals surface area contributed by atoms with E-state index >= 15 is 0 Å². The molecule has 2 heterocycles. The van der Waals surface area contributed by atoms with Gasteiger partial charge in [0.25, 0.3) is 5.91 Å². The molecule has 2 N–H and O–H groups in total. The van der Waals surface area contributed by atoms with E-state index in [1.165, 1.54) is 0 Å². The third-order valence-corrected chi connectivity index (χ3v) is 4.11. The lowest BCUT2D eigenvalue weighted by Gasteiger charge is -2.22. The number of piperidine rings is 1. The lowest BCUT2D eigenvalue weighted by Crippen LogP contribution is -2.30. The van der Waals surface area contributed by atoms with Crippen molar-refractivity contribution in [3.05, 3.63) is 41.2 Å². The van der Waals surface area contributed by atoms with Crippen molar-refractivity contribution in [1.82, 2.24) is 25.6 Å². The Morgan fingerprint density at radius 3 is 2.96 bits per heavy atom. The minimum Gasteiger partial charge on any atom is -0.492 e. The van der Waals surface area contributed by atoms with Crippen molar-refractivity contribution in [3.63, 3.8) is 0 Å². The third kappa shape index (κ3) is 5.59. The van der Waals surface area contributed by atoms with Crippen molar-refractivity contribution in [1.29, 1.82) is 0 Å². The molecule has 0 atom stereocenters. The van der Waals surface area contributed by atoms with Gasteiger partial charge in [-0.15, -0.1) is 17.5 Å². The molecule has 0 bridgehead atoms. The van der Waals surface area contributed by atoms with E-state index < -0.39 is 0 Å². The minimum atomic E-state index is -0.245. The Kier molecular flexibility index (Phi) is 7.49. The van der Waals surface area contributed by atoms with Crippen LogP contribution in [0.1, 0.15) is 29.4 Å². The van der Waals surface area contributed by atoms with Crippen LogP contribution in [-0.4, -0.2) is 47.1 Å². The number of hydrogen-bond donors (Lipinski definition) is 2. The van der Waals surface area contributed by atoms with Crippen LogP contribution in [0.3, 0.4) is 0 Å². The molecule has 1 aromatic carbocycles. The van der Waals surface area contributed by atoms with E-state index in [2.05, 4.69) is 20.9 Å². The Balaban J connectivity index is 0.00000225. The van der Waals surface area contributed by atoms with Gasteiger partial charge in [0.1, 0.15) is 12.4 Å². The third-order valence-electron chi connectivity index (χ3n) is 3.88. The number of nitrogens with zero attached hydrogens (tertiary/aromatic N) is 3.